The van der Waals surface area contributed by atoms with E-state index in [1.165, 1.54) is 0 Å². The zero-order valence-electron chi connectivity index (χ0n) is 22.4. The zero-order chi connectivity index (χ0) is 27.3. The van der Waals surface area contributed by atoms with Gasteiger partial charge in [-0.2, -0.15) is 0 Å². The molecule has 204 valence electrons. The Morgan fingerprint density at radius 3 is 2.24 bits per heavy atom. The van der Waals surface area contributed by atoms with Crippen LogP contribution < -0.4 is 5.32 Å². The molecular formula is C30H38N2O6. The van der Waals surface area contributed by atoms with E-state index in [1.54, 1.807) is 4.90 Å². The molecule has 0 radical (unpaired) electrons. The van der Waals surface area contributed by atoms with Crippen LogP contribution in [0.3, 0.4) is 0 Å². The van der Waals surface area contributed by atoms with Crippen molar-refractivity contribution in [2.24, 2.45) is 5.92 Å². The summed E-state index contributed by atoms with van der Waals surface area (Å²) in [6.45, 7) is 6.47. The average Bonchev–Trinajstić information content (AvgIpc) is 3.42. The molecule has 0 saturated heterocycles. The van der Waals surface area contributed by atoms with Crippen LogP contribution in [0.5, 0.6) is 0 Å². The van der Waals surface area contributed by atoms with E-state index < -0.39 is 23.8 Å². The summed E-state index contributed by atoms with van der Waals surface area (Å²) in [5.74, 6) is -0.749. The standard InChI is InChI=1S/C30H38N2O6/c1-30(2,3)38-28(35)31-21-15-14-20(17-21)18-32(16-8-13-27(33)34)29(36)37-19-26-24-11-6-4-9-22(24)23-10-5-7-12-25(23)26/h4-7,9-12,20-21,26H,8,13-19H2,1-3H3,(H,31,35)(H,33,34)/t20-,21+/m0/s1. The second-order valence-electron chi connectivity index (χ2n) is 11.3. The number of hydrogen-bond donors (Lipinski definition) is 2. The zero-order valence-corrected chi connectivity index (χ0v) is 22.4. The van der Waals surface area contributed by atoms with Crippen LogP contribution in [0, 0.1) is 5.92 Å². The summed E-state index contributed by atoms with van der Waals surface area (Å²) in [6, 6.07) is 16.4. The van der Waals surface area contributed by atoms with Crippen molar-refractivity contribution >= 4 is 18.2 Å². The molecule has 0 unspecified atom stereocenters. The molecule has 2 N–H and O–H groups in total. The Balaban J connectivity index is 1.37. The van der Waals surface area contributed by atoms with Gasteiger partial charge >= 0.3 is 18.2 Å². The predicted octanol–water partition coefficient (Wildman–Crippen LogP) is 5.80. The van der Waals surface area contributed by atoms with Crippen molar-refractivity contribution in [3.63, 3.8) is 0 Å². The lowest BCUT2D eigenvalue weighted by atomic mass is 9.98. The molecule has 2 atom stereocenters. The van der Waals surface area contributed by atoms with Crippen LogP contribution in [0.25, 0.3) is 11.1 Å². The van der Waals surface area contributed by atoms with Gasteiger partial charge in [-0.25, -0.2) is 9.59 Å². The van der Waals surface area contributed by atoms with E-state index in [4.69, 9.17) is 14.6 Å². The number of alkyl carbamates (subject to hydrolysis) is 1. The predicted molar refractivity (Wildman–Crippen MR) is 144 cm³/mol. The van der Waals surface area contributed by atoms with Gasteiger partial charge in [-0.1, -0.05) is 48.5 Å². The fraction of sp³-hybridized carbons (Fsp3) is 0.500. The Bertz CT molecular complexity index is 1110. The number of carbonyl (C=O) groups excluding carboxylic acids is 2. The smallest absolute Gasteiger partial charge is 0.409 e. The highest BCUT2D eigenvalue weighted by atomic mass is 16.6. The van der Waals surface area contributed by atoms with Crippen LogP contribution in [0.1, 0.15) is 69.9 Å². The Kier molecular flexibility index (Phi) is 8.59. The number of hydrogen-bond acceptors (Lipinski definition) is 5. The van der Waals surface area contributed by atoms with Gasteiger partial charge in [0.1, 0.15) is 12.2 Å². The highest BCUT2D eigenvalue weighted by molar-refractivity contribution is 5.79. The summed E-state index contributed by atoms with van der Waals surface area (Å²) in [4.78, 5) is 38.2. The molecule has 0 bridgehead atoms. The van der Waals surface area contributed by atoms with E-state index in [9.17, 15) is 14.4 Å². The second-order valence-corrected chi connectivity index (χ2v) is 11.3. The Labute approximate surface area is 224 Å². The Morgan fingerprint density at radius 1 is 1.00 bits per heavy atom. The first-order valence-electron chi connectivity index (χ1n) is 13.4. The summed E-state index contributed by atoms with van der Waals surface area (Å²) in [6.07, 6.45) is 1.86. The molecule has 8 heteroatoms. The summed E-state index contributed by atoms with van der Waals surface area (Å²) >= 11 is 0. The molecule has 8 nitrogen and oxygen atoms in total. The highest BCUT2D eigenvalue weighted by Gasteiger charge is 2.32. The molecular weight excluding hydrogens is 484 g/mol. The van der Waals surface area contributed by atoms with E-state index in [-0.39, 0.29) is 30.9 Å². The monoisotopic (exact) mass is 522 g/mol. The summed E-state index contributed by atoms with van der Waals surface area (Å²) in [5.41, 5.74) is 4.05. The van der Waals surface area contributed by atoms with Crippen molar-refractivity contribution in [2.45, 2.75) is 70.4 Å². The van der Waals surface area contributed by atoms with Crippen LogP contribution in [-0.2, 0) is 14.3 Å². The van der Waals surface area contributed by atoms with Crippen molar-refractivity contribution in [3.8, 4) is 11.1 Å². The maximum Gasteiger partial charge on any atom is 0.409 e. The van der Waals surface area contributed by atoms with Crippen LogP contribution in [0.15, 0.2) is 48.5 Å². The number of amides is 2. The van der Waals surface area contributed by atoms with Gasteiger partial charge < -0.3 is 24.8 Å². The maximum absolute atomic E-state index is 13.3. The number of aliphatic carboxylic acids is 1. The number of fused-ring (bicyclic) bond motifs is 3. The van der Waals surface area contributed by atoms with Gasteiger partial charge in [0.05, 0.1) is 0 Å². The lowest BCUT2D eigenvalue weighted by Gasteiger charge is -2.26. The third-order valence-corrected chi connectivity index (χ3v) is 7.15. The fourth-order valence-electron chi connectivity index (χ4n) is 5.52. The topological polar surface area (TPSA) is 105 Å². The van der Waals surface area contributed by atoms with Crippen molar-refractivity contribution < 1.29 is 29.0 Å². The molecule has 1 saturated carbocycles. The van der Waals surface area contributed by atoms with Crippen LogP contribution in [-0.4, -0.2) is 59.5 Å². The molecule has 2 amide bonds. The quantitative estimate of drug-likeness (QED) is 0.432. The number of nitrogens with one attached hydrogen (secondary N) is 1. The number of nitrogens with zero attached hydrogens (tertiary/aromatic N) is 1. The second kappa shape index (κ2) is 11.9. The van der Waals surface area contributed by atoms with Gasteiger partial charge in [0, 0.05) is 31.5 Å². The SMILES string of the molecule is CC(C)(C)OC(=O)N[C@@H]1CC[C@H](CN(CCCC(=O)O)C(=O)OCC2c3ccccc3-c3ccccc32)C1. The number of carboxylic acids is 1. The third kappa shape index (κ3) is 7.05. The molecule has 2 aliphatic rings. The molecule has 2 aromatic carbocycles. The van der Waals surface area contributed by atoms with E-state index in [0.717, 1.165) is 41.5 Å². The molecule has 0 aliphatic heterocycles. The van der Waals surface area contributed by atoms with Gasteiger partial charge in [-0.15, -0.1) is 0 Å². The summed E-state index contributed by atoms with van der Waals surface area (Å²) in [5, 5.41) is 12.0. The van der Waals surface area contributed by atoms with E-state index in [1.807, 2.05) is 45.0 Å². The molecule has 0 spiro atoms. The van der Waals surface area contributed by atoms with Crippen LogP contribution in [0.2, 0.25) is 0 Å². The highest BCUT2D eigenvalue weighted by Crippen LogP contribution is 2.44. The van der Waals surface area contributed by atoms with E-state index in [2.05, 4.69) is 29.6 Å². The Morgan fingerprint density at radius 2 is 1.63 bits per heavy atom. The third-order valence-electron chi connectivity index (χ3n) is 7.15. The molecule has 0 aromatic heterocycles. The van der Waals surface area contributed by atoms with Gasteiger partial charge in [0.2, 0.25) is 0 Å². The van der Waals surface area contributed by atoms with Crippen LogP contribution in [0.4, 0.5) is 9.59 Å². The molecule has 4 rings (SSSR count). The maximum atomic E-state index is 13.3. The van der Waals surface area contributed by atoms with Gasteiger partial charge in [-0.05, 0) is 74.6 Å². The summed E-state index contributed by atoms with van der Waals surface area (Å²) in [7, 11) is 0. The molecule has 1 fully saturated rings. The van der Waals surface area contributed by atoms with Crippen molar-refractivity contribution in [2.75, 3.05) is 19.7 Å². The normalized spacial score (nSPS) is 18.4. The van der Waals surface area contributed by atoms with E-state index in [0.29, 0.717) is 19.5 Å². The minimum Gasteiger partial charge on any atom is -0.481 e. The van der Waals surface area contributed by atoms with Gasteiger partial charge in [0.15, 0.2) is 0 Å². The van der Waals surface area contributed by atoms with Crippen molar-refractivity contribution in [3.05, 3.63) is 59.7 Å². The van der Waals surface area contributed by atoms with Crippen molar-refractivity contribution in [1.82, 2.24) is 10.2 Å². The molecule has 38 heavy (non-hydrogen) atoms. The number of carbonyl (C=O) groups is 3. The first kappa shape index (κ1) is 27.5. The first-order valence-corrected chi connectivity index (χ1v) is 13.4. The molecule has 0 heterocycles. The molecule has 2 aromatic rings. The number of rotatable bonds is 9. The van der Waals surface area contributed by atoms with E-state index >= 15 is 0 Å². The molecule has 2 aliphatic carbocycles. The number of ether oxygens (including phenoxy) is 2. The lowest BCUT2D eigenvalue weighted by molar-refractivity contribution is -0.137. The first-order chi connectivity index (χ1) is 18.1. The number of benzene rings is 2. The lowest BCUT2D eigenvalue weighted by Crippen LogP contribution is -2.39. The minimum atomic E-state index is -0.889. The van der Waals surface area contributed by atoms with Crippen molar-refractivity contribution in [1.29, 1.82) is 0 Å². The fourth-order valence-corrected chi connectivity index (χ4v) is 5.52. The average molecular weight is 523 g/mol. The van der Waals surface area contributed by atoms with Gasteiger partial charge in [-0.3, -0.25) is 4.79 Å². The Hall–Kier alpha value is -3.55. The summed E-state index contributed by atoms with van der Waals surface area (Å²) < 4.78 is 11.2. The van der Waals surface area contributed by atoms with Crippen LogP contribution >= 0.6 is 0 Å². The minimum absolute atomic E-state index is 0.0132. The van der Waals surface area contributed by atoms with Gasteiger partial charge in [0.25, 0.3) is 0 Å². The largest absolute Gasteiger partial charge is 0.481 e. The number of carboxylic acid groups (broad SMARTS) is 1.